The van der Waals surface area contributed by atoms with Gasteiger partial charge in [-0.25, -0.2) is 0 Å². The summed E-state index contributed by atoms with van der Waals surface area (Å²) in [5.41, 5.74) is 1.98. The molecule has 5 aliphatic rings. The van der Waals surface area contributed by atoms with E-state index in [0.29, 0.717) is 5.92 Å². The maximum atomic E-state index is 12.6. The van der Waals surface area contributed by atoms with Gasteiger partial charge in [0.25, 0.3) is 0 Å². The van der Waals surface area contributed by atoms with E-state index >= 15 is 0 Å². The number of carbonyl (C=O) groups excluding carboxylic acids is 1. The standard InChI is InChI=1S/C22H31NO3/c1-14-5-10-22-12-21(22,13-23-25-4)17(7-9-20(14,22)3)19(2)8-6-15-11-16(19)18(24)26-15/h13,15-17H,1,5-12H2,2-4H3/b23-13-/t15-,16+,17-,19+,20-,21?,22+/m1/s1. The van der Waals surface area contributed by atoms with Crippen molar-refractivity contribution in [3.63, 3.8) is 0 Å². The van der Waals surface area contributed by atoms with E-state index in [1.165, 1.54) is 24.8 Å². The molecule has 142 valence electrons. The van der Waals surface area contributed by atoms with Crippen molar-refractivity contribution in [3.05, 3.63) is 12.2 Å². The van der Waals surface area contributed by atoms with Crippen molar-refractivity contribution >= 4 is 12.2 Å². The molecule has 0 aromatic rings. The van der Waals surface area contributed by atoms with E-state index in [-0.39, 0.29) is 39.7 Å². The minimum atomic E-state index is 0.0125. The third kappa shape index (κ3) is 1.68. The van der Waals surface area contributed by atoms with Gasteiger partial charge in [-0.1, -0.05) is 31.2 Å². The van der Waals surface area contributed by atoms with E-state index < -0.39 is 0 Å². The van der Waals surface area contributed by atoms with Crippen LogP contribution in [-0.4, -0.2) is 25.4 Å². The van der Waals surface area contributed by atoms with Crippen LogP contribution in [0, 0.1) is 33.5 Å². The van der Waals surface area contributed by atoms with E-state index in [1.807, 2.05) is 0 Å². The average molecular weight is 357 g/mol. The van der Waals surface area contributed by atoms with Crippen molar-refractivity contribution in [2.75, 3.05) is 7.11 Å². The lowest BCUT2D eigenvalue weighted by atomic mass is 9.50. The van der Waals surface area contributed by atoms with Gasteiger partial charge in [0.15, 0.2) is 0 Å². The fourth-order valence-electron chi connectivity index (χ4n) is 8.06. The summed E-state index contributed by atoms with van der Waals surface area (Å²) in [6, 6.07) is 0. The lowest BCUT2D eigenvalue weighted by Crippen LogP contribution is -2.50. The molecule has 1 saturated heterocycles. The first-order valence-electron chi connectivity index (χ1n) is 10.3. The molecule has 0 aromatic carbocycles. The third-order valence-corrected chi connectivity index (χ3v) is 9.66. The van der Waals surface area contributed by atoms with Crippen molar-refractivity contribution in [2.45, 2.75) is 71.3 Å². The van der Waals surface area contributed by atoms with Crippen molar-refractivity contribution < 1.29 is 14.4 Å². The Balaban J connectivity index is 1.59. The fraction of sp³-hybridized carbons (Fsp3) is 0.818. The molecule has 4 heteroatoms. The Morgan fingerprint density at radius 3 is 2.85 bits per heavy atom. The van der Waals surface area contributed by atoms with Crippen LogP contribution in [0.5, 0.6) is 0 Å². The highest BCUT2D eigenvalue weighted by atomic mass is 16.6. The fourth-order valence-corrected chi connectivity index (χ4v) is 8.06. The molecule has 0 amide bonds. The average Bonchev–Trinajstić information content (AvgIpc) is 3.09. The molecule has 1 spiro atoms. The summed E-state index contributed by atoms with van der Waals surface area (Å²) >= 11 is 0. The Morgan fingerprint density at radius 1 is 1.27 bits per heavy atom. The van der Waals surface area contributed by atoms with Crippen LogP contribution < -0.4 is 0 Å². The minimum Gasteiger partial charge on any atom is -0.462 e. The van der Waals surface area contributed by atoms with Crippen LogP contribution in [0.2, 0.25) is 0 Å². The number of esters is 1. The second kappa shape index (κ2) is 4.94. The molecule has 7 atom stereocenters. The highest BCUT2D eigenvalue weighted by Crippen LogP contribution is 2.87. The first kappa shape index (κ1) is 16.8. The second-order valence-electron chi connectivity index (χ2n) is 10.1. The molecule has 0 radical (unpaired) electrons. The molecule has 4 nitrogen and oxygen atoms in total. The molecule has 4 saturated carbocycles. The number of hydrogen-bond acceptors (Lipinski definition) is 4. The number of oxime groups is 1. The molecule has 1 heterocycles. The molecule has 0 N–H and O–H groups in total. The number of hydrogen-bond donors (Lipinski definition) is 0. The summed E-state index contributed by atoms with van der Waals surface area (Å²) in [5, 5.41) is 4.31. The quantitative estimate of drug-likeness (QED) is 0.323. The molecule has 5 fully saturated rings. The van der Waals surface area contributed by atoms with Gasteiger partial charge in [0, 0.05) is 5.41 Å². The van der Waals surface area contributed by atoms with Crippen LogP contribution in [0.1, 0.15) is 65.2 Å². The van der Waals surface area contributed by atoms with E-state index in [1.54, 1.807) is 7.11 Å². The molecule has 26 heavy (non-hydrogen) atoms. The summed E-state index contributed by atoms with van der Waals surface area (Å²) < 4.78 is 5.64. The summed E-state index contributed by atoms with van der Waals surface area (Å²) in [7, 11) is 1.63. The topological polar surface area (TPSA) is 47.9 Å². The van der Waals surface area contributed by atoms with Crippen molar-refractivity contribution in [1.82, 2.24) is 0 Å². The van der Waals surface area contributed by atoms with Crippen molar-refractivity contribution in [2.24, 2.45) is 38.7 Å². The van der Waals surface area contributed by atoms with Crippen LogP contribution in [0.3, 0.4) is 0 Å². The number of nitrogens with zero attached hydrogens (tertiary/aromatic N) is 1. The van der Waals surface area contributed by atoms with E-state index in [4.69, 9.17) is 9.57 Å². The van der Waals surface area contributed by atoms with Crippen LogP contribution in [0.25, 0.3) is 0 Å². The molecule has 5 rings (SSSR count). The molecule has 4 aliphatic carbocycles. The largest absolute Gasteiger partial charge is 0.462 e. The van der Waals surface area contributed by atoms with E-state index in [0.717, 1.165) is 32.1 Å². The van der Waals surface area contributed by atoms with Crippen molar-refractivity contribution in [3.8, 4) is 0 Å². The molecule has 0 aromatic heterocycles. The summed E-state index contributed by atoms with van der Waals surface area (Å²) in [6.07, 6.45) is 11.2. The van der Waals surface area contributed by atoms with Crippen LogP contribution in [0.15, 0.2) is 17.3 Å². The summed E-state index contributed by atoms with van der Waals surface area (Å²) in [5.74, 6) is 0.586. The number of allylic oxidation sites excluding steroid dienone is 1. The molecular formula is C22H31NO3. The Morgan fingerprint density at radius 2 is 2.08 bits per heavy atom. The predicted molar refractivity (Wildman–Crippen MR) is 99.5 cm³/mol. The number of ether oxygens (including phenoxy) is 1. The first-order valence-corrected chi connectivity index (χ1v) is 10.3. The first-order chi connectivity index (χ1) is 12.3. The molecule has 1 unspecified atom stereocenters. The Hall–Kier alpha value is -1.32. The smallest absolute Gasteiger partial charge is 0.309 e. The van der Waals surface area contributed by atoms with Gasteiger partial charge in [0.2, 0.25) is 0 Å². The highest BCUT2D eigenvalue weighted by molar-refractivity contribution is 5.78. The zero-order chi connectivity index (χ0) is 18.4. The maximum absolute atomic E-state index is 12.6. The Kier molecular flexibility index (Phi) is 3.19. The zero-order valence-corrected chi connectivity index (χ0v) is 16.3. The normalized spacial score (nSPS) is 54.8. The maximum Gasteiger partial charge on any atom is 0.309 e. The van der Waals surface area contributed by atoms with Gasteiger partial charge in [-0.05, 0) is 73.5 Å². The number of carbonyl (C=O) groups is 1. The Bertz CT molecular complexity index is 716. The van der Waals surface area contributed by atoms with Crippen LogP contribution in [-0.2, 0) is 14.4 Å². The van der Waals surface area contributed by atoms with Crippen molar-refractivity contribution in [1.29, 1.82) is 0 Å². The van der Waals surface area contributed by atoms with Gasteiger partial charge >= 0.3 is 5.97 Å². The lowest BCUT2D eigenvalue weighted by Gasteiger charge is -2.53. The highest BCUT2D eigenvalue weighted by Gasteiger charge is 2.82. The van der Waals surface area contributed by atoms with Crippen LogP contribution in [0.4, 0.5) is 0 Å². The van der Waals surface area contributed by atoms with Gasteiger partial charge in [-0.2, -0.15) is 0 Å². The Labute approximate surface area is 156 Å². The lowest BCUT2D eigenvalue weighted by molar-refractivity contribution is -0.146. The van der Waals surface area contributed by atoms with E-state index in [9.17, 15) is 4.79 Å². The van der Waals surface area contributed by atoms with Gasteiger partial charge < -0.3 is 9.57 Å². The SMILES string of the molecule is C=C1CC[C@@]23CC2(/C=N\OC)[C@@H]([C@@]2(C)CC[C@@H]4C[C@H]2C(=O)O4)CC[C@]13C. The molecule has 2 bridgehead atoms. The van der Waals surface area contributed by atoms with Gasteiger partial charge in [-0.15, -0.1) is 0 Å². The van der Waals surface area contributed by atoms with Gasteiger partial charge in [0.1, 0.15) is 13.2 Å². The molecular weight excluding hydrogens is 326 g/mol. The van der Waals surface area contributed by atoms with Gasteiger partial charge in [-0.3, -0.25) is 4.79 Å². The summed E-state index contributed by atoms with van der Waals surface area (Å²) in [4.78, 5) is 17.7. The summed E-state index contributed by atoms with van der Waals surface area (Å²) in [6.45, 7) is 9.25. The monoisotopic (exact) mass is 357 g/mol. The number of fused-ring (bicyclic) bond motifs is 2. The van der Waals surface area contributed by atoms with E-state index in [2.05, 4.69) is 31.8 Å². The zero-order valence-electron chi connectivity index (χ0n) is 16.3. The second-order valence-corrected chi connectivity index (χ2v) is 10.1. The molecule has 1 aliphatic heterocycles. The van der Waals surface area contributed by atoms with Gasteiger partial charge in [0.05, 0.1) is 12.1 Å². The minimum absolute atomic E-state index is 0.0125. The predicted octanol–water partition coefficient (Wildman–Crippen LogP) is 4.49. The third-order valence-electron chi connectivity index (χ3n) is 9.66. The van der Waals surface area contributed by atoms with Crippen LogP contribution >= 0.6 is 0 Å². The number of rotatable bonds is 3.